The summed E-state index contributed by atoms with van der Waals surface area (Å²) in [5, 5.41) is 0. The first kappa shape index (κ1) is 17.1. The molecule has 0 radical (unpaired) electrons. The molecule has 4 rings (SSSR count). The highest BCUT2D eigenvalue weighted by atomic mass is 16.5. The molecule has 6 nitrogen and oxygen atoms in total. The molecule has 0 aliphatic rings. The zero-order chi connectivity index (χ0) is 18.8. The van der Waals surface area contributed by atoms with Gasteiger partial charge in [0.1, 0.15) is 11.6 Å². The first-order valence-electron chi connectivity index (χ1n) is 8.95. The van der Waals surface area contributed by atoms with Crippen LogP contribution >= 0.6 is 0 Å². The van der Waals surface area contributed by atoms with Crippen molar-refractivity contribution in [2.24, 2.45) is 0 Å². The maximum atomic E-state index is 5.56. The average Bonchev–Trinajstić information content (AvgIpc) is 3.15. The van der Waals surface area contributed by atoms with Gasteiger partial charge < -0.3 is 9.14 Å². The van der Waals surface area contributed by atoms with E-state index in [1.165, 1.54) is 0 Å². The van der Waals surface area contributed by atoms with Crippen molar-refractivity contribution in [1.82, 2.24) is 24.3 Å². The Kier molecular flexibility index (Phi) is 4.54. The third-order valence-electron chi connectivity index (χ3n) is 4.50. The molecule has 6 heteroatoms. The smallest absolute Gasteiger partial charge is 0.155 e. The predicted octanol–water partition coefficient (Wildman–Crippen LogP) is 3.66. The van der Waals surface area contributed by atoms with E-state index in [2.05, 4.69) is 39.0 Å². The lowest BCUT2D eigenvalue weighted by Gasteiger charge is -2.11. The van der Waals surface area contributed by atoms with Gasteiger partial charge >= 0.3 is 0 Å². The topological polar surface area (TPSA) is 65.2 Å². The third kappa shape index (κ3) is 3.51. The number of benzene rings is 1. The Bertz CT molecular complexity index is 1100. The molecule has 4 aromatic rings. The normalized spacial score (nSPS) is 11.1. The minimum Gasteiger partial charge on any atom is -0.496 e. The zero-order valence-electron chi connectivity index (χ0n) is 15.7. The fourth-order valence-corrected chi connectivity index (χ4v) is 3.17. The first-order chi connectivity index (χ1) is 13.2. The number of ether oxygens (including phenoxy) is 1. The highest BCUT2D eigenvalue weighted by Gasteiger charge is 2.11. The number of imidazole rings is 1. The van der Waals surface area contributed by atoms with Gasteiger partial charge in [0.15, 0.2) is 5.65 Å². The molecule has 0 spiro atoms. The van der Waals surface area contributed by atoms with Crippen molar-refractivity contribution in [3.8, 4) is 17.0 Å². The van der Waals surface area contributed by atoms with Crippen molar-refractivity contribution < 1.29 is 4.74 Å². The fourth-order valence-electron chi connectivity index (χ4n) is 3.17. The van der Waals surface area contributed by atoms with Gasteiger partial charge in [0.05, 0.1) is 19.0 Å². The molecule has 0 amide bonds. The molecule has 0 fully saturated rings. The SMILES string of the molecule is CCc1cc(C)nc(Cc2ccc(OC)c(-c3cn4ccnc4cn3)c2)n1. The van der Waals surface area contributed by atoms with E-state index in [4.69, 9.17) is 4.74 Å². The number of aryl methyl sites for hydroxylation is 2. The Morgan fingerprint density at radius 3 is 2.81 bits per heavy atom. The monoisotopic (exact) mass is 359 g/mol. The Labute approximate surface area is 157 Å². The number of fused-ring (bicyclic) bond motifs is 1. The van der Waals surface area contributed by atoms with Crippen LogP contribution in [0, 0.1) is 6.92 Å². The molecule has 0 aliphatic heterocycles. The lowest BCUT2D eigenvalue weighted by molar-refractivity contribution is 0.416. The van der Waals surface area contributed by atoms with Crippen LogP contribution in [0.5, 0.6) is 5.75 Å². The first-order valence-corrected chi connectivity index (χ1v) is 8.95. The van der Waals surface area contributed by atoms with Gasteiger partial charge in [-0.15, -0.1) is 0 Å². The molecule has 27 heavy (non-hydrogen) atoms. The van der Waals surface area contributed by atoms with Crippen molar-refractivity contribution in [3.63, 3.8) is 0 Å². The summed E-state index contributed by atoms with van der Waals surface area (Å²) in [4.78, 5) is 18.0. The Balaban J connectivity index is 1.73. The van der Waals surface area contributed by atoms with Crippen molar-refractivity contribution in [2.75, 3.05) is 7.11 Å². The second kappa shape index (κ2) is 7.15. The molecule has 0 saturated carbocycles. The molecule has 0 atom stereocenters. The van der Waals surface area contributed by atoms with Crippen molar-refractivity contribution in [3.05, 3.63) is 71.8 Å². The van der Waals surface area contributed by atoms with Gasteiger partial charge in [0, 0.05) is 42.0 Å². The summed E-state index contributed by atoms with van der Waals surface area (Å²) in [7, 11) is 1.67. The molecular formula is C21H21N5O. The summed E-state index contributed by atoms with van der Waals surface area (Å²) in [5.41, 5.74) is 5.77. The highest BCUT2D eigenvalue weighted by molar-refractivity contribution is 5.68. The van der Waals surface area contributed by atoms with Gasteiger partial charge in [0.2, 0.25) is 0 Å². The van der Waals surface area contributed by atoms with E-state index < -0.39 is 0 Å². The minimum absolute atomic E-state index is 0.666. The van der Waals surface area contributed by atoms with E-state index >= 15 is 0 Å². The Morgan fingerprint density at radius 2 is 2.00 bits per heavy atom. The fraction of sp³-hybridized carbons (Fsp3) is 0.238. The third-order valence-corrected chi connectivity index (χ3v) is 4.50. The van der Waals surface area contributed by atoms with E-state index in [9.17, 15) is 0 Å². The van der Waals surface area contributed by atoms with Crippen LogP contribution in [0.1, 0.15) is 29.7 Å². The molecule has 3 aromatic heterocycles. The van der Waals surface area contributed by atoms with E-state index in [1.807, 2.05) is 35.9 Å². The van der Waals surface area contributed by atoms with Crippen molar-refractivity contribution in [1.29, 1.82) is 0 Å². The lowest BCUT2D eigenvalue weighted by atomic mass is 10.0. The maximum Gasteiger partial charge on any atom is 0.155 e. The molecule has 0 bridgehead atoms. The van der Waals surface area contributed by atoms with Gasteiger partial charge in [0.25, 0.3) is 0 Å². The summed E-state index contributed by atoms with van der Waals surface area (Å²) >= 11 is 0. The number of rotatable bonds is 5. The molecule has 3 heterocycles. The molecule has 0 aliphatic carbocycles. The molecular weight excluding hydrogens is 338 g/mol. The molecule has 1 aromatic carbocycles. The summed E-state index contributed by atoms with van der Waals surface area (Å²) in [6.45, 7) is 4.11. The standard InChI is InChI=1S/C21H21N5O/c1-4-16-9-14(2)24-20(25-16)11-15-5-6-19(27-3)17(10-15)18-13-26-8-7-22-21(26)12-23-18/h5-10,12-13H,4,11H2,1-3H3. The van der Waals surface area contributed by atoms with Gasteiger partial charge in [-0.1, -0.05) is 13.0 Å². The largest absolute Gasteiger partial charge is 0.496 e. The molecule has 0 unspecified atom stereocenters. The number of hydrogen-bond donors (Lipinski definition) is 0. The van der Waals surface area contributed by atoms with E-state index in [0.717, 1.165) is 51.9 Å². The summed E-state index contributed by atoms with van der Waals surface area (Å²) in [6.07, 6.45) is 8.96. The van der Waals surface area contributed by atoms with Gasteiger partial charge in [-0.05, 0) is 37.1 Å². The van der Waals surface area contributed by atoms with E-state index in [0.29, 0.717) is 6.42 Å². The maximum absolute atomic E-state index is 5.56. The van der Waals surface area contributed by atoms with Crippen LogP contribution in [-0.2, 0) is 12.8 Å². The number of methoxy groups -OCH3 is 1. The Morgan fingerprint density at radius 1 is 1.11 bits per heavy atom. The van der Waals surface area contributed by atoms with Crippen molar-refractivity contribution in [2.45, 2.75) is 26.7 Å². The predicted molar refractivity (Wildman–Crippen MR) is 104 cm³/mol. The second-order valence-electron chi connectivity index (χ2n) is 6.45. The summed E-state index contributed by atoms with van der Waals surface area (Å²) in [5.74, 6) is 1.62. The Hall–Kier alpha value is -3.28. The quantitative estimate of drug-likeness (QED) is 0.544. The van der Waals surface area contributed by atoms with Crippen LogP contribution in [0.3, 0.4) is 0 Å². The minimum atomic E-state index is 0.666. The molecule has 0 N–H and O–H groups in total. The number of aromatic nitrogens is 5. The van der Waals surface area contributed by atoms with Crippen LogP contribution in [-0.4, -0.2) is 31.4 Å². The second-order valence-corrected chi connectivity index (χ2v) is 6.45. The van der Waals surface area contributed by atoms with Crippen LogP contribution in [0.25, 0.3) is 16.9 Å². The zero-order valence-corrected chi connectivity index (χ0v) is 15.7. The van der Waals surface area contributed by atoms with E-state index in [-0.39, 0.29) is 0 Å². The van der Waals surface area contributed by atoms with Gasteiger partial charge in [-0.25, -0.2) is 15.0 Å². The van der Waals surface area contributed by atoms with Gasteiger partial charge in [-0.2, -0.15) is 0 Å². The van der Waals surface area contributed by atoms with Crippen molar-refractivity contribution >= 4 is 5.65 Å². The molecule has 0 saturated heterocycles. The summed E-state index contributed by atoms with van der Waals surface area (Å²) < 4.78 is 7.51. The van der Waals surface area contributed by atoms with Crippen LogP contribution in [0.4, 0.5) is 0 Å². The highest BCUT2D eigenvalue weighted by Crippen LogP contribution is 2.30. The van der Waals surface area contributed by atoms with Crippen LogP contribution < -0.4 is 4.74 Å². The van der Waals surface area contributed by atoms with Crippen LogP contribution in [0.2, 0.25) is 0 Å². The van der Waals surface area contributed by atoms with E-state index in [1.54, 1.807) is 19.5 Å². The van der Waals surface area contributed by atoms with Gasteiger partial charge in [-0.3, -0.25) is 4.98 Å². The lowest BCUT2D eigenvalue weighted by Crippen LogP contribution is -2.02. The molecule has 136 valence electrons. The average molecular weight is 359 g/mol. The number of hydrogen-bond acceptors (Lipinski definition) is 5. The summed E-state index contributed by atoms with van der Waals surface area (Å²) in [6, 6.07) is 8.16. The van der Waals surface area contributed by atoms with Crippen LogP contribution in [0.15, 0.2) is 49.1 Å². The number of nitrogens with zero attached hydrogens (tertiary/aromatic N) is 5.